The Bertz CT molecular complexity index is 334. The molecule has 5 heteroatoms. The average Bonchev–Trinajstić information content (AvgIpc) is 2.65. The Hall–Kier alpha value is -1.26. The molecule has 18 heavy (non-hydrogen) atoms. The van der Waals surface area contributed by atoms with Crippen LogP contribution < -0.4 is 0 Å². The summed E-state index contributed by atoms with van der Waals surface area (Å²) in [6, 6.07) is 0. The van der Waals surface area contributed by atoms with Gasteiger partial charge in [-0.3, -0.25) is 0 Å². The van der Waals surface area contributed by atoms with Crippen LogP contribution >= 0.6 is 0 Å². The minimum Gasteiger partial charge on any atom is -0.449 e. The van der Waals surface area contributed by atoms with Crippen LogP contribution in [0.3, 0.4) is 0 Å². The van der Waals surface area contributed by atoms with Crippen molar-refractivity contribution in [2.75, 3.05) is 0 Å². The van der Waals surface area contributed by atoms with Crippen molar-refractivity contribution in [3.05, 3.63) is 0 Å². The summed E-state index contributed by atoms with van der Waals surface area (Å²) in [4.78, 5) is 16.3. The fraction of sp³-hybridized carbons (Fsp3) is 0.846. The summed E-state index contributed by atoms with van der Waals surface area (Å²) >= 11 is 0. The maximum atomic E-state index is 10.7. The van der Waals surface area contributed by atoms with Gasteiger partial charge in [-0.05, 0) is 32.1 Å². The van der Waals surface area contributed by atoms with E-state index in [1.54, 1.807) is 0 Å². The summed E-state index contributed by atoms with van der Waals surface area (Å²) < 4.78 is 4.79. The molecule has 0 radical (unpaired) electrons. The van der Waals surface area contributed by atoms with E-state index in [0.717, 1.165) is 44.9 Å². The van der Waals surface area contributed by atoms with E-state index >= 15 is 0 Å². The average molecular weight is 255 g/mol. The zero-order valence-electron chi connectivity index (χ0n) is 10.9. The molecule has 2 aliphatic rings. The predicted octanol–water partition coefficient (Wildman–Crippen LogP) is 3.53. The van der Waals surface area contributed by atoms with Gasteiger partial charge in [0, 0.05) is 0 Å². The third kappa shape index (κ3) is 2.60. The Morgan fingerprint density at radius 2 is 2.22 bits per heavy atom. The Balaban J connectivity index is 2.09. The Kier molecular flexibility index (Phi) is 4.09. The Morgan fingerprint density at radius 1 is 1.50 bits per heavy atom. The summed E-state index contributed by atoms with van der Waals surface area (Å²) in [6.45, 7) is 2.12. The summed E-state index contributed by atoms with van der Waals surface area (Å²) in [5.41, 5.74) is -0.293. The normalized spacial score (nSPS) is 25.6. The third-order valence-corrected chi connectivity index (χ3v) is 3.99. The van der Waals surface area contributed by atoms with Gasteiger partial charge in [-0.25, -0.2) is 4.79 Å². The van der Waals surface area contributed by atoms with Crippen LogP contribution in [0, 0.1) is 5.92 Å². The maximum Gasteiger partial charge on any atom is 0.512 e. The summed E-state index contributed by atoms with van der Waals surface area (Å²) in [5, 5.41) is 12.6. The van der Waals surface area contributed by atoms with E-state index in [9.17, 15) is 4.79 Å². The first-order valence-electron chi connectivity index (χ1n) is 6.85. The number of carboxylic acid groups (broad SMARTS) is 1. The molecule has 5 nitrogen and oxygen atoms in total. The number of hydrogen-bond acceptors (Lipinski definition) is 4. The molecule has 0 amide bonds. The zero-order chi connectivity index (χ0) is 13.0. The highest BCUT2D eigenvalue weighted by molar-refractivity contribution is 5.88. The summed E-state index contributed by atoms with van der Waals surface area (Å²) in [7, 11) is 0. The molecule has 0 saturated heterocycles. The minimum absolute atomic E-state index is 0.00819. The lowest BCUT2D eigenvalue weighted by molar-refractivity contribution is -0.0723. The summed E-state index contributed by atoms with van der Waals surface area (Å²) in [6.07, 6.45) is 7.09. The molecule has 102 valence electrons. The highest BCUT2D eigenvalue weighted by Gasteiger charge is 2.50. The lowest BCUT2D eigenvalue weighted by atomic mass is 9.74. The van der Waals surface area contributed by atoms with Crippen molar-refractivity contribution in [3.8, 4) is 0 Å². The molecule has 0 aromatic heterocycles. The van der Waals surface area contributed by atoms with Crippen LogP contribution in [-0.4, -0.2) is 22.8 Å². The number of ether oxygens (including phenoxy) is 1. The van der Waals surface area contributed by atoms with Gasteiger partial charge in [0.15, 0.2) is 0 Å². The van der Waals surface area contributed by atoms with E-state index in [-0.39, 0.29) is 17.4 Å². The van der Waals surface area contributed by atoms with Crippen molar-refractivity contribution in [3.63, 3.8) is 0 Å². The number of unbranched alkanes of at least 4 members (excludes halogenated alkanes) is 1. The molecule has 1 unspecified atom stereocenters. The molecule has 0 bridgehead atoms. The topological polar surface area (TPSA) is 68.1 Å². The first kappa shape index (κ1) is 13.2. The molecule has 1 fully saturated rings. The highest BCUT2D eigenvalue weighted by atomic mass is 16.7. The lowest BCUT2D eigenvalue weighted by Crippen LogP contribution is -2.41. The molecule has 1 aliphatic heterocycles. The van der Waals surface area contributed by atoms with Crippen molar-refractivity contribution in [2.24, 2.45) is 11.1 Å². The van der Waals surface area contributed by atoms with Gasteiger partial charge in [-0.1, -0.05) is 31.3 Å². The fourth-order valence-electron chi connectivity index (χ4n) is 3.05. The van der Waals surface area contributed by atoms with Gasteiger partial charge < -0.3 is 14.7 Å². The molecule has 1 heterocycles. The molecular weight excluding hydrogens is 234 g/mol. The van der Waals surface area contributed by atoms with Crippen LogP contribution in [0.15, 0.2) is 5.16 Å². The van der Waals surface area contributed by atoms with Crippen molar-refractivity contribution in [2.45, 2.75) is 63.9 Å². The Labute approximate surface area is 107 Å². The largest absolute Gasteiger partial charge is 0.512 e. The standard InChI is InChI=1S/C13H21NO4/c1-2-3-7-10-11(17-12(15)16)14-18-13(10)8-5-4-6-9-13/h10H,2-9H2,1H3,(H,15,16). The second-order valence-corrected chi connectivity index (χ2v) is 5.21. The first-order chi connectivity index (χ1) is 8.68. The van der Waals surface area contributed by atoms with Crippen LogP contribution in [0.1, 0.15) is 58.3 Å². The van der Waals surface area contributed by atoms with E-state index in [0.29, 0.717) is 0 Å². The molecule has 2 rings (SSSR count). The highest BCUT2D eigenvalue weighted by Crippen LogP contribution is 2.44. The van der Waals surface area contributed by atoms with Gasteiger partial charge in [0.05, 0.1) is 5.92 Å². The van der Waals surface area contributed by atoms with Crippen LogP contribution in [-0.2, 0) is 9.57 Å². The van der Waals surface area contributed by atoms with Crippen LogP contribution in [0.25, 0.3) is 0 Å². The smallest absolute Gasteiger partial charge is 0.449 e. The predicted molar refractivity (Wildman–Crippen MR) is 66.5 cm³/mol. The van der Waals surface area contributed by atoms with Crippen molar-refractivity contribution < 1.29 is 19.5 Å². The maximum absolute atomic E-state index is 10.7. The van der Waals surface area contributed by atoms with Crippen molar-refractivity contribution >= 4 is 12.1 Å². The van der Waals surface area contributed by atoms with Gasteiger partial charge >= 0.3 is 6.16 Å². The number of hydrogen-bond donors (Lipinski definition) is 1. The molecule has 1 aliphatic carbocycles. The number of oxime groups is 1. The second kappa shape index (κ2) is 5.59. The van der Waals surface area contributed by atoms with E-state index < -0.39 is 6.16 Å². The van der Waals surface area contributed by atoms with Gasteiger partial charge in [0.2, 0.25) is 5.90 Å². The van der Waals surface area contributed by atoms with Gasteiger partial charge in [0.1, 0.15) is 5.60 Å². The van der Waals surface area contributed by atoms with Crippen molar-refractivity contribution in [1.82, 2.24) is 0 Å². The second-order valence-electron chi connectivity index (χ2n) is 5.21. The van der Waals surface area contributed by atoms with Crippen LogP contribution in [0.2, 0.25) is 0 Å². The molecule has 0 aromatic rings. The zero-order valence-corrected chi connectivity index (χ0v) is 10.9. The van der Waals surface area contributed by atoms with E-state index in [1.807, 2.05) is 0 Å². The number of carbonyl (C=O) groups is 1. The lowest BCUT2D eigenvalue weighted by Gasteiger charge is -2.35. The van der Waals surface area contributed by atoms with Gasteiger partial charge in [0.25, 0.3) is 0 Å². The molecule has 1 atom stereocenters. The van der Waals surface area contributed by atoms with E-state index in [4.69, 9.17) is 14.7 Å². The minimum atomic E-state index is -1.30. The van der Waals surface area contributed by atoms with Gasteiger partial charge in [-0.15, -0.1) is 0 Å². The molecule has 1 saturated carbocycles. The fourth-order valence-corrected chi connectivity index (χ4v) is 3.05. The van der Waals surface area contributed by atoms with Crippen LogP contribution in [0.5, 0.6) is 0 Å². The number of rotatable bonds is 3. The van der Waals surface area contributed by atoms with Crippen LogP contribution in [0.4, 0.5) is 4.79 Å². The van der Waals surface area contributed by atoms with E-state index in [1.165, 1.54) is 6.42 Å². The molecule has 0 aromatic carbocycles. The van der Waals surface area contributed by atoms with Crippen molar-refractivity contribution in [1.29, 1.82) is 0 Å². The Morgan fingerprint density at radius 3 is 2.83 bits per heavy atom. The third-order valence-electron chi connectivity index (χ3n) is 3.99. The quantitative estimate of drug-likeness (QED) is 0.783. The monoisotopic (exact) mass is 255 g/mol. The molecular formula is C13H21NO4. The SMILES string of the molecule is CCCCC1C(OC(=O)O)=NOC12CCCCC2. The summed E-state index contributed by atoms with van der Waals surface area (Å²) in [5.74, 6) is 0.270. The molecule has 1 spiro atoms. The first-order valence-corrected chi connectivity index (χ1v) is 6.85. The van der Waals surface area contributed by atoms with Gasteiger partial charge in [-0.2, -0.15) is 0 Å². The number of nitrogens with zero attached hydrogens (tertiary/aromatic N) is 1. The van der Waals surface area contributed by atoms with E-state index in [2.05, 4.69) is 12.1 Å². The molecule has 1 N–H and O–H groups in total.